The maximum atomic E-state index is 13.5. The Kier molecular flexibility index (Phi) is 6.54. The third-order valence-corrected chi connectivity index (χ3v) is 3.45. The number of hydrogen-bond acceptors (Lipinski definition) is 4. The average Bonchev–Trinajstić information content (AvgIpc) is 2.60. The largest absolute Gasteiger partial charge is 0.454 e. The lowest BCUT2D eigenvalue weighted by Crippen LogP contribution is -2.15. The van der Waals surface area contributed by atoms with Crippen molar-refractivity contribution in [2.75, 3.05) is 11.9 Å². The van der Waals surface area contributed by atoms with Gasteiger partial charge in [-0.3, -0.25) is 9.59 Å². The number of halogens is 2. The van der Waals surface area contributed by atoms with Crippen molar-refractivity contribution in [2.45, 2.75) is 19.8 Å². The van der Waals surface area contributed by atoms with E-state index in [1.165, 1.54) is 12.1 Å². The molecule has 2 rings (SSSR count). The number of anilines is 1. The van der Waals surface area contributed by atoms with Gasteiger partial charge in [0.1, 0.15) is 11.6 Å². The summed E-state index contributed by atoms with van der Waals surface area (Å²) in [6.45, 7) is 1.30. The number of carbonyl (C=O) groups is 3. The van der Waals surface area contributed by atoms with E-state index >= 15 is 0 Å². The Morgan fingerprint density at radius 3 is 2.35 bits per heavy atom. The quantitative estimate of drug-likeness (QED) is 0.602. The molecule has 0 radical (unpaired) electrons. The molecule has 0 aliphatic heterocycles. The normalized spacial score (nSPS) is 10.3. The third-order valence-electron chi connectivity index (χ3n) is 3.45. The van der Waals surface area contributed by atoms with Gasteiger partial charge in [0.2, 0.25) is 5.91 Å². The molecule has 0 saturated carbocycles. The Morgan fingerprint density at radius 2 is 1.73 bits per heavy atom. The monoisotopic (exact) mass is 361 g/mol. The van der Waals surface area contributed by atoms with Crippen LogP contribution >= 0.6 is 0 Å². The fourth-order valence-corrected chi connectivity index (χ4v) is 2.14. The summed E-state index contributed by atoms with van der Waals surface area (Å²) in [5, 5.41) is 2.68. The number of ether oxygens (including phenoxy) is 1. The van der Waals surface area contributed by atoms with Gasteiger partial charge in [0.25, 0.3) is 0 Å². The summed E-state index contributed by atoms with van der Waals surface area (Å²) >= 11 is 0. The number of esters is 1. The van der Waals surface area contributed by atoms with Gasteiger partial charge in [-0.25, -0.2) is 13.6 Å². The molecule has 26 heavy (non-hydrogen) atoms. The zero-order chi connectivity index (χ0) is 19.1. The van der Waals surface area contributed by atoms with Crippen LogP contribution in [0.1, 0.15) is 40.5 Å². The number of carbonyl (C=O) groups excluding carboxylic acids is 3. The second-order valence-corrected chi connectivity index (χ2v) is 5.50. The number of rotatable bonds is 7. The summed E-state index contributed by atoms with van der Waals surface area (Å²) in [4.78, 5) is 35.3. The Bertz CT molecular complexity index is 819. The minimum absolute atomic E-state index is 0.123. The maximum absolute atomic E-state index is 13.5. The molecule has 7 heteroatoms. The van der Waals surface area contributed by atoms with Gasteiger partial charge in [-0.05, 0) is 42.8 Å². The van der Waals surface area contributed by atoms with Crippen LogP contribution in [0, 0.1) is 11.6 Å². The highest BCUT2D eigenvalue weighted by atomic mass is 19.1. The molecule has 0 spiro atoms. The van der Waals surface area contributed by atoms with Gasteiger partial charge in [0.15, 0.2) is 12.4 Å². The molecule has 2 aromatic carbocycles. The van der Waals surface area contributed by atoms with E-state index in [0.29, 0.717) is 18.2 Å². The Morgan fingerprint density at radius 1 is 1.04 bits per heavy atom. The predicted molar refractivity (Wildman–Crippen MR) is 91.0 cm³/mol. The first-order valence-corrected chi connectivity index (χ1v) is 7.96. The van der Waals surface area contributed by atoms with E-state index in [9.17, 15) is 23.2 Å². The van der Waals surface area contributed by atoms with Crippen LogP contribution in [0.4, 0.5) is 14.5 Å². The zero-order valence-corrected chi connectivity index (χ0v) is 14.1. The molecular weight excluding hydrogens is 344 g/mol. The highest BCUT2D eigenvalue weighted by Crippen LogP contribution is 2.13. The topological polar surface area (TPSA) is 72.5 Å². The first-order valence-electron chi connectivity index (χ1n) is 7.96. The number of amides is 1. The van der Waals surface area contributed by atoms with Crippen LogP contribution in [0.3, 0.4) is 0 Å². The summed E-state index contributed by atoms with van der Waals surface area (Å²) < 4.78 is 31.1. The summed E-state index contributed by atoms with van der Waals surface area (Å²) in [5.41, 5.74) is 0.365. The van der Waals surface area contributed by atoms with Gasteiger partial charge in [-0.2, -0.15) is 0 Å². The molecular formula is C19H17F2NO4. The fourth-order valence-electron chi connectivity index (χ4n) is 2.14. The first kappa shape index (κ1) is 19.2. The number of ketones is 1. The van der Waals surface area contributed by atoms with E-state index in [4.69, 9.17) is 4.74 Å². The molecule has 2 aromatic rings. The van der Waals surface area contributed by atoms with Crippen LogP contribution < -0.4 is 5.32 Å². The van der Waals surface area contributed by atoms with Crippen molar-refractivity contribution in [1.82, 2.24) is 0 Å². The van der Waals surface area contributed by atoms with E-state index in [2.05, 4.69) is 5.32 Å². The van der Waals surface area contributed by atoms with E-state index < -0.39 is 35.6 Å². The molecule has 0 bridgehead atoms. The molecule has 1 amide bonds. The maximum Gasteiger partial charge on any atom is 0.341 e. The smallest absolute Gasteiger partial charge is 0.341 e. The van der Waals surface area contributed by atoms with Crippen molar-refractivity contribution in [3.8, 4) is 0 Å². The summed E-state index contributed by atoms with van der Waals surface area (Å²) in [7, 11) is 0. The highest BCUT2D eigenvalue weighted by molar-refractivity contribution is 6.00. The van der Waals surface area contributed by atoms with Gasteiger partial charge in [-0.1, -0.05) is 6.92 Å². The van der Waals surface area contributed by atoms with Crippen molar-refractivity contribution in [1.29, 1.82) is 0 Å². The number of hydrogen-bond donors (Lipinski definition) is 1. The standard InChI is InChI=1S/C19H17F2NO4/c1-2-3-18(24)22-14-7-4-12(5-8-14)17(23)11-26-19(25)15-9-6-13(20)10-16(15)21/h4-10H,2-3,11H2,1H3,(H,22,24). The van der Waals surface area contributed by atoms with Gasteiger partial charge in [0, 0.05) is 23.7 Å². The lowest BCUT2D eigenvalue weighted by atomic mass is 10.1. The molecule has 0 heterocycles. The molecule has 0 atom stereocenters. The van der Waals surface area contributed by atoms with Crippen LogP contribution in [-0.4, -0.2) is 24.3 Å². The molecule has 1 N–H and O–H groups in total. The number of nitrogens with one attached hydrogen (secondary N) is 1. The minimum Gasteiger partial charge on any atom is -0.454 e. The Labute approximate surface area is 149 Å². The Balaban J connectivity index is 1.93. The van der Waals surface area contributed by atoms with Crippen LogP contribution in [0.15, 0.2) is 42.5 Å². The highest BCUT2D eigenvalue weighted by Gasteiger charge is 2.16. The van der Waals surface area contributed by atoms with Crippen molar-refractivity contribution in [2.24, 2.45) is 0 Å². The van der Waals surface area contributed by atoms with Gasteiger partial charge >= 0.3 is 5.97 Å². The van der Waals surface area contributed by atoms with Crippen LogP contribution in [0.2, 0.25) is 0 Å². The summed E-state index contributed by atoms with van der Waals surface area (Å²) in [6, 6.07) is 8.51. The molecule has 5 nitrogen and oxygen atoms in total. The van der Waals surface area contributed by atoms with E-state index in [1.54, 1.807) is 12.1 Å². The van der Waals surface area contributed by atoms with Crippen molar-refractivity contribution < 1.29 is 27.9 Å². The van der Waals surface area contributed by atoms with Crippen molar-refractivity contribution in [3.05, 3.63) is 65.2 Å². The fraction of sp³-hybridized carbons (Fsp3) is 0.211. The lowest BCUT2D eigenvalue weighted by molar-refractivity contribution is -0.116. The molecule has 0 aromatic heterocycles. The van der Waals surface area contributed by atoms with Crippen molar-refractivity contribution >= 4 is 23.3 Å². The minimum atomic E-state index is -1.06. The third kappa shape index (κ3) is 5.20. The second kappa shape index (κ2) is 8.84. The first-order chi connectivity index (χ1) is 12.4. The summed E-state index contributed by atoms with van der Waals surface area (Å²) in [6.07, 6.45) is 1.12. The molecule has 0 unspecified atom stereocenters. The molecule has 0 aliphatic rings. The lowest BCUT2D eigenvalue weighted by Gasteiger charge is -2.07. The zero-order valence-electron chi connectivity index (χ0n) is 14.1. The van der Waals surface area contributed by atoms with Crippen LogP contribution in [0.25, 0.3) is 0 Å². The molecule has 0 saturated heterocycles. The number of benzene rings is 2. The molecule has 0 fully saturated rings. The van der Waals surface area contributed by atoms with Gasteiger partial charge < -0.3 is 10.1 Å². The predicted octanol–water partition coefficient (Wildman–Crippen LogP) is 3.74. The van der Waals surface area contributed by atoms with E-state index in [-0.39, 0.29) is 11.5 Å². The second-order valence-electron chi connectivity index (χ2n) is 5.50. The summed E-state index contributed by atoms with van der Waals surface area (Å²) in [5.74, 6) is -3.55. The average molecular weight is 361 g/mol. The SMILES string of the molecule is CCCC(=O)Nc1ccc(C(=O)COC(=O)c2ccc(F)cc2F)cc1. The van der Waals surface area contributed by atoms with E-state index in [1.807, 2.05) is 6.92 Å². The molecule has 0 aliphatic carbocycles. The van der Waals surface area contributed by atoms with E-state index in [0.717, 1.165) is 18.6 Å². The van der Waals surface area contributed by atoms with Crippen LogP contribution in [-0.2, 0) is 9.53 Å². The van der Waals surface area contributed by atoms with Crippen molar-refractivity contribution in [3.63, 3.8) is 0 Å². The van der Waals surface area contributed by atoms with Gasteiger partial charge in [-0.15, -0.1) is 0 Å². The molecule has 136 valence electrons. The number of Topliss-reactive ketones (excluding diaryl/α,β-unsaturated/α-hetero) is 1. The van der Waals surface area contributed by atoms with Crippen LogP contribution in [0.5, 0.6) is 0 Å². The van der Waals surface area contributed by atoms with Gasteiger partial charge in [0.05, 0.1) is 5.56 Å². The Hall–Kier alpha value is -3.09.